The minimum atomic E-state index is -0.126. The normalized spacial score (nSPS) is 20.6. The van der Waals surface area contributed by atoms with Crippen molar-refractivity contribution in [3.05, 3.63) is 65.5 Å². The Morgan fingerprint density at radius 2 is 1.84 bits per heavy atom. The van der Waals surface area contributed by atoms with E-state index >= 15 is 0 Å². The Bertz CT molecular complexity index is 1770. The second kappa shape index (κ2) is 11.9. The van der Waals surface area contributed by atoms with E-state index in [2.05, 4.69) is 57.0 Å². The molecule has 7 rings (SSSR count). The summed E-state index contributed by atoms with van der Waals surface area (Å²) in [5.74, 6) is 0.760. The number of nitrogens with zero attached hydrogens (tertiary/aromatic N) is 5. The number of carbonyl (C=O) groups is 2. The third-order valence-corrected chi connectivity index (χ3v) is 10.2. The first-order chi connectivity index (χ1) is 21.8. The number of benzene rings is 2. The van der Waals surface area contributed by atoms with Crippen molar-refractivity contribution in [3.63, 3.8) is 0 Å². The molecule has 2 aromatic heterocycles. The number of fused-ring (bicyclic) bond motifs is 2. The lowest BCUT2D eigenvalue weighted by Crippen LogP contribution is -2.56. The Labute approximate surface area is 265 Å². The number of imidazole rings is 1. The largest absolute Gasteiger partial charge is 0.355 e. The molecule has 9 nitrogen and oxygen atoms in total. The lowest BCUT2D eigenvalue weighted by Gasteiger charge is -2.47. The van der Waals surface area contributed by atoms with Crippen molar-refractivity contribution in [2.24, 2.45) is 0 Å². The third-order valence-electron chi connectivity index (χ3n) is 10.2. The average molecular weight is 606 g/mol. The molecule has 2 aliphatic heterocycles. The molecule has 234 valence electrons. The average Bonchev–Trinajstić information content (AvgIpc) is 3.61. The van der Waals surface area contributed by atoms with Gasteiger partial charge in [-0.3, -0.25) is 9.59 Å². The molecule has 2 N–H and O–H groups in total. The quantitative estimate of drug-likeness (QED) is 0.242. The van der Waals surface area contributed by atoms with Gasteiger partial charge < -0.3 is 25.0 Å². The highest BCUT2D eigenvalue weighted by atomic mass is 16.2. The van der Waals surface area contributed by atoms with Gasteiger partial charge in [-0.2, -0.15) is 0 Å². The van der Waals surface area contributed by atoms with Gasteiger partial charge in [-0.15, -0.1) is 0 Å². The van der Waals surface area contributed by atoms with Crippen LogP contribution in [0.15, 0.2) is 48.8 Å². The van der Waals surface area contributed by atoms with Crippen LogP contribution in [0.3, 0.4) is 0 Å². The summed E-state index contributed by atoms with van der Waals surface area (Å²) in [5.41, 5.74) is 7.93. The van der Waals surface area contributed by atoms with Crippen molar-refractivity contribution in [3.8, 4) is 11.3 Å². The number of likely N-dealkylation sites (tertiary alicyclic amines) is 1. The van der Waals surface area contributed by atoms with E-state index in [4.69, 9.17) is 9.97 Å². The number of aryl methyl sites for hydroxylation is 1. The van der Waals surface area contributed by atoms with E-state index in [1.165, 1.54) is 32.4 Å². The first kappa shape index (κ1) is 29.5. The predicted octanol–water partition coefficient (Wildman–Crippen LogP) is 6.39. The Kier molecular flexibility index (Phi) is 7.81. The lowest BCUT2D eigenvalue weighted by molar-refractivity contribution is -0.118. The van der Waals surface area contributed by atoms with Crippen molar-refractivity contribution in [1.82, 2.24) is 24.8 Å². The number of piperidine rings is 1. The number of rotatable bonds is 8. The van der Waals surface area contributed by atoms with Crippen molar-refractivity contribution in [2.45, 2.75) is 83.8 Å². The summed E-state index contributed by atoms with van der Waals surface area (Å²) in [7, 11) is 1.64. The van der Waals surface area contributed by atoms with Gasteiger partial charge >= 0.3 is 0 Å². The van der Waals surface area contributed by atoms with Crippen LogP contribution in [-0.4, -0.2) is 63.5 Å². The SMILES string of the molecule is CC[C@H](C)n1cnc2cc(-c3ccc4c(c3)N(C3CC(N5CCCCC5)C3)C(=O)C4)nc(Nc3ccc(C)c(C(=O)NC)c3)c21. The van der Waals surface area contributed by atoms with Crippen LogP contribution >= 0.6 is 0 Å². The van der Waals surface area contributed by atoms with Crippen LogP contribution in [0.1, 0.15) is 79.9 Å². The summed E-state index contributed by atoms with van der Waals surface area (Å²) in [6.45, 7) is 8.66. The molecule has 0 bridgehead atoms. The van der Waals surface area contributed by atoms with E-state index in [1.54, 1.807) is 7.05 Å². The maximum absolute atomic E-state index is 13.3. The summed E-state index contributed by atoms with van der Waals surface area (Å²) in [4.78, 5) is 40.5. The van der Waals surface area contributed by atoms with Crippen molar-refractivity contribution < 1.29 is 9.59 Å². The third kappa shape index (κ3) is 5.37. The zero-order valence-corrected chi connectivity index (χ0v) is 26.8. The number of aromatic nitrogens is 3. The molecule has 9 heteroatoms. The van der Waals surface area contributed by atoms with Gasteiger partial charge in [-0.1, -0.05) is 31.5 Å². The van der Waals surface area contributed by atoms with Gasteiger partial charge in [-0.25, -0.2) is 9.97 Å². The van der Waals surface area contributed by atoms with E-state index in [0.29, 0.717) is 23.8 Å². The Morgan fingerprint density at radius 1 is 1.04 bits per heavy atom. The molecule has 1 saturated heterocycles. The van der Waals surface area contributed by atoms with Crippen LogP contribution < -0.4 is 15.5 Å². The molecule has 1 atom stereocenters. The summed E-state index contributed by atoms with van der Waals surface area (Å²) in [6, 6.07) is 15.2. The monoisotopic (exact) mass is 605 g/mol. The molecule has 2 amide bonds. The fourth-order valence-electron chi connectivity index (χ4n) is 7.27. The van der Waals surface area contributed by atoms with E-state index < -0.39 is 0 Å². The van der Waals surface area contributed by atoms with Gasteiger partial charge in [0.15, 0.2) is 5.82 Å². The molecule has 3 aliphatic rings. The van der Waals surface area contributed by atoms with E-state index in [9.17, 15) is 9.59 Å². The molecule has 4 heterocycles. The zero-order valence-electron chi connectivity index (χ0n) is 26.8. The first-order valence-corrected chi connectivity index (χ1v) is 16.5. The van der Waals surface area contributed by atoms with Gasteiger partial charge in [0.25, 0.3) is 5.91 Å². The fourth-order valence-corrected chi connectivity index (χ4v) is 7.27. The number of hydrogen-bond acceptors (Lipinski definition) is 6. The highest BCUT2D eigenvalue weighted by molar-refractivity contribution is 6.03. The maximum atomic E-state index is 13.3. The summed E-state index contributed by atoms with van der Waals surface area (Å²) in [5, 5.41) is 6.27. The van der Waals surface area contributed by atoms with Crippen LogP contribution in [0, 0.1) is 6.92 Å². The molecular formula is C36H43N7O2. The smallest absolute Gasteiger partial charge is 0.251 e. The molecule has 45 heavy (non-hydrogen) atoms. The van der Waals surface area contributed by atoms with E-state index in [1.807, 2.05) is 37.5 Å². The Hall–Kier alpha value is -4.24. The number of nitrogens with one attached hydrogen (secondary N) is 2. The van der Waals surface area contributed by atoms with Crippen LogP contribution in [0.4, 0.5) is 17.2 Å². The summed E-state index contributed by atoms with van der Waals surface area (Å²) in [6.07, 6.45) is 9.32. The highest BCUT2D eigenvalue weighted by Gasteiger charge is 2.42. The second-order valence-electron chi connectivity index (χ2n) is 13.0. The van der Waals surface area contributed by atoms with Crippen molar-refractivity contribution in [2.75, 3.05) is 30.4 Å². The molecule has 4 aromatic rings. The molecular weight excluding hydrogens is 562 g/mol. The molecule has 1 saturated carbocycles. The Morgan fingerprint density at radius 3 is 2.60 bits per heavy atom. The molecule has 2 fully saturated rings. The molecule has 0 unspecified atom stereocenters. The number of carbonyl (C=O) groups excluding carboxylic acids is 2. The maximum Gasteiger partial charge on any atom is 0.251 e. The topological polar surface area (TPSA) is 95.4 Å². The lowest BCUT2D eigenvalue weighted by atomic mass is 9.83. The van der Waals surface area contributed by atoms with Gasteiger partial charge in [0.1, 0.15) is 5.52 Å². The van der Waals surface area contributed by atoms with Crippen molar-refractivity contribution >= 4 is 40.0 Å². The van der Waals surface area contributed by atoms with Gasteiger partial charge in [0.05, 0.1) is 24.0 Å². The molecule has 0 spiro atoms. The molecule has 1 aliphatic carbocycles. The number of hydrogen-bond donors (Lipinski definition) is 2. The summed E-state index contributed by atoms with van der Waals surface area (Å²) >= 11 is 0. The molecule has 0 radical (unpaired) electrons. The Balaban J connectivity index is 1.24. The highest BCUT2D eigenvalue weighted by Crippen LogP contribution is 2.41. The van der Waals surface area contributed by atoms with E-state index in [-0.39, 0.29) is 23.9 Å². The number of pyridine rings is 1. The standard InChI is InChI=1S/C36H43N7O2/c1-5-23(3)42-21-38-31-20-30(40-35(34(31)42)39-26-12-9-22(2)29(17-26)36(45)37-4)24-10-11-25-16-33(44)43(32(25)15-24)28-18-27(19-28)41-13-7-6-8-14-41/h9-12,15,17,20-21,23,27-28H,5-8,13-14,16,18-19H2,1-4H3,(H,37,45)(H,39,40)/t23-,27?,28?/m0/s1. The van der Waals surface area contributed by atoms with Crippen molar-refractivity contribution in [1.29, 1.82) is 0 Å². The van der Waals surface area contributed by atoms with Gasteiger partial charge in [0, 0.05) is 47.7 Å². The van der Waals surface area contributed by atoms with Crippen LogP contribution in [-0.2, 0) is 11.2 Å². The number of anilines is 3. The number of amides is 2. The fraction of sp³-hybridized carbons (Fsp3) is 0.444. The van der Waals surface area contributed by atoms with Crippen LogP contribution in [0.2, 0.25) is 0 Å². The molecule has 2 aromatic carbocycles. The van der Waals surface area contributed by atoms with Gasteiger partial charge in [0.2, 0.25) is 5.91 Å². The van der Waals surface area contributed by atoms with Gasteiger partial charge in [-0.05, 0) is 94.4 Å². The summed E-state index contributed by atoms with van der Waals surface area (Å²) < 4.78 is 2.17. The predicted molar refractivity (Wildman–Crippen MR) is 179 cm³/mol. The van der Waals surface area contributed by atoms with Crippen LogP contribution in [0.25, 0.3) is 22.3 Å². The van der Waals surface area contributed by atoms with Crippen LogP contribution in [0.5, 0.6) is 0 Å². The first-order valence-electron chi connectivity index (χ1n) is 16.5. The second-order valence-corrected chi connectivity index (χ2v) is 13.0. The van der Waals surface area contributed by atoms with E-state index in [0.717, 1.165) is 64.1 Å². The zero-order chi connectivity index (χ0) is 31.2. The minimum Gasteiger partial charge on any atom is -0.355 e. The minimum absolute atomic E-state index is 0.126.